The van der Waals surface area contributed by atoms with Crippen molar-refractivity contribution in [3.05, 3.63) is 48.0 Å². The minimum absolute atomic E-state index is 0.162. The van der Waals surface area contributed by atoms with E-state index in [0.717, 1.165) is 10.8 Å². The van der Waals surface area contributed by atoms with Gasteiger partial charge in [0.2, 0.25) is 0 Å². The number of fused-ring (bicyclic) bond motifs is 1. The molecule has 0 aliphatic carbocycles. The largest absolute Gasteiger partial charge is 0.480 e. The lowest BCUT2D eigenvalue weighted by Crippen LogP contribution is -2.40. The van der Waals surface area contributed by atoms with Gasteiger partial charge in [0, 0.05) is 11.6 Å². The number of hydrogen-bond donors (Lipinski definition) is 1. The first-order valence-corrected chi connectivity index (χ1v) is 6.50. The third-order valence-electron chi connectivity index (χ3n) is 3.19. The molecular formula is C16H17NO3. The molecule has 2 aromatic rings. The van der Waals surface area contributed by atoms with E-state index in [9.17, 15) is 9.59 Å². The number of carboxylic acids is 1. The van der Waals surface area contributed by atoms with Crippen LogP contribution in [0.1, 0.15) is 24.2 Å². The smallest absolute Gasteiger partial charge is 0.323 e. The first kappa shape index (κ1) is 14.1. The standard InChI is InChI=1S/C16H17NO3/c1-11(2)17(10-15(18)19)16(20)14-8-7-12-5-3-4-6-13(12)9-14/h3-9,11H,10H2,1-2H3,(H,18,19). The van der Waals surface area contributed by atoms with Gasteiger partial charge < -0.3 is 10.0 Å². The summed E-state index contributed by atoms with van der Waals surface area (Å²) >= 11 is 0. The van der Waals surface area contributed by atoms with Crippen LogP contribution in [0.4, 0.5) is 0 Å². The lowest BCUT2D eigenvalue weighted by molar-refractivity contribution is -0.138. The Hall–Kier alpha value is -2.36. The lowest BCUT2D eigenvalue weighted by Gasteiger charge is -2.25. The van der Waals surface area contributed by atoms with Crippen molar-refractivity contribution in [1.29, 1.82) is 0 Å². The molecule has 0 saturated carbocycles. The molecule has 2 rings (SSSR count). The number of benzene rings is 2. The second kappa shape index (κ2) is 5.74. The summed E-state index contributed by atoms with van der Waals surface area (Å²) in [4.78, 5) is 24.7. The van der Waals surface area contributed by atoms with Gasteiger partial charge in [-0.15, -0.1) is 0 Å². The van der Waals surface area contributed by atoms with E-state index < -0.39 is 5.97 Å². The highest BCUT2D eigenvalue weighted by atomic mass is 16.4. The van der Waals surface area contributed by atoms with E-state index in [-0.39, 0.29) is 18.5 Å². The van der Waals surface area contributed by atoms with Crippen molar-refractivity contribution in [2.45, 2.75) is 19.9 Å². The molecule has 2 aromatic carbocycles. The van der Waals surface area contributed by atoms with Crippen LogP contribution in [-0.4, -0.2) is 34.5 Å². The minimum atomic E-state index is -1.01. The summed E-state index contributed by atoms with van der Waals surface area (Å²) in [5.74, 6) is -1.26. The molecule has 1 amide bonds. The van der Waals surface area contributed by atoms with Crippen molar-refractivity contribution in [3.63, 3.8) is 0 Å². The Kier molecular flexibility index (Phi) is 4.03. The van der Waals surface area contributed by atoms with Gasteiger partial charge in [0.15, 0.2) is 0 Å². The third-order valence-corrected chi connectivity index (χ3v) is 3.19. The second-order valence-corrected chi connectivity index (χ2v) is 4.98. The zero-order valence-electron chi connectivity index (χ0n) is 11.5. The molecule has 0 bridgehead atoms. The summed E-state index contributed by atoms with van der Waals surface area (Å²) in [6.45, 7) is 3.33. The van der Waals surface area contributed by atoms with Gasteiger partial charge in [-0.1, -0.05) is 30.3 Å². The van der Waals surface area contributed by atoms with Gasteiger partial charge >= 0.3 is 5.97 Å². The van der Waals surface area contributed by atoms with Gasteiger partial charge in [-0.2, -0.15) is 0 Å². The fraction of sp³-hybridized carbons (Fsp3) is 0.250. The number of aliphatic carboxylic acids is 1. The van der Waals surface area contributed by atoms with Crippen LogP contribution in [0, 0.1) is 0 Å². The van der Waals surface area contributed by atoms with E-state index >= 15 is 0 Å². The zero-order valence-corrected chi connectivity index (χ0v) is 11.5. The molecule has 0 unspecified atom stereocenters. The molecule has 0 atom stereocenters. The number of carboxylic acid groups (broad SMARTS) is 1. The number of nitrogens with zero attached hydrogens (tertiary/aromatic N) is 1. The summed E-state index contributed by atoms with van der Waals surface area (Å²) in [5, 5.41) is 10.9. The number of carbonyl (C=O) groups excluding carboxylic acids is 1. The zero-order chi connectivity index (χ0) is 14.7. The van der Waals surface area contributed by atoms with Crippen LogP contribution in [0.3, 0.4) is 0 Å². The normalized spacial score (nSPS) is 10.8. The monoisotopic (exact) mass is 271 g/mol. The minimum Gasteiger partial charge on any atom is -0.480 e. The van der Waals surface area contributed by atoms with Gasteiger partial charge in [-0.25, -0.2) is 0 Å². The Morgan fingerprint density at radius 3 is 2.35 bits per heavy atom. The molecule has 0 aromatic heterocycles. The summed E-state index contributed by atoms with van der Waals surface area (Å²) < 4.78 is 0. The highest BCUT2D eigenvalue weighted by Gasteiger charge is 2.21. The van der Waals surface area contributed by atoms with E-state index in [2.05, 4.69) is 0 Å². The predicted octanol–water partition coefficient (Wildman–Crippen LogP) is 2.78. The van der Waals surface area contributed by atoms with Crippen molar-refractivity contribution >= 4 is 22.6 Å². The maximum absolute atomic E-state index is 12.4. The maximum Gasteiger partial charge on any atom is 0.323 e. The molecule has 0 heterocycles. The average molecular weight is 271 g/mol. The topological polar surface area (TPSA) is 57.6 Å². The maximum atomic E-state index is 12.4. The van der Waals surface area contributed by atoms with E-state index in [1.165, 1.54) is 4.90 Å². The Balaban J connectivity index is 2.35. The van der Waals surface area contributed by atoms with Crippen molar-refractivity contribution in [2.24, 2.45) is 0 Å². The molecule has 0 aliphatic rings. The number of hydrogen-bond acceptors (Lipinski definition) is 2. The van der Waals surface area contributed by atoms with E-state index in [4.69, 9.17) is 5.11 Å². The molecule has 4 heteroatoms. The Morgan fingerprint density at radius 1 is 1.10 bits per heavy atom. The fourth-order valence-corrected chi connectivity index (χ4v) is 2.12. The average Bonchev–Trinajstić information content (AvgIpc) is 2.43. The summed E-state index contributed by atoms with van der Waals surface area (Å²) in [6.07, 6.45) is 0. The Labute approximate surface area is 117 Å². The molecule has 0 fully saturated rings. The molecule has 1 N–H and O–H groups in total. The van der Waals surface area contributed by atoms with E-state index in [1.807, 2.05) is 44.2 Å². The summed E-state index contributed by atoms with van der Waals surface area (Å²) in [6, 6.07) is 13.0. The Bertz CT molecular complexity index is 649. The Morgan fingerprint density at radius 2 is 1.75 bits per heavy atom. The highest BCUT2D eigenvalue weighted by molar-refractivity contribution is 5.99. The van der Waals surface area contributed by atoms with E-state index in [1.54, 1.807) is 12.1 Å². The van der Waals surface area contributed by atoms with Gasteiger partial charge in [0.25, 0.3) is 5.91 Å². The van der Waals surface area contributed by atoms with Crippen LogP contribution < -0.4 is 0 Å². The molecule has 0 spiro atoms. The number of carbonyl (C=O) groups is 2. The fourth-order valence-electron chi connectivity index (χ4n) is 2.12. The van der Waals surface area contributed by atoms with Crippen LogP contribution in [0.2, 0.25) is 0 Å². The third kappa shape index (κ3) is 2.96. The van der Waals surface area contributed by atoms with Crippen LogP contribution in [0.5, 0.6) is 0 Å². The summed E-state index contributed by atoms with van der Waals surface area (Å²) in [5.41, 5.74) is 0.513. The van der Waals surface area contributed by atoms with Gasteiger partial charge in [-0.05, 0) is 36.8 Å². The quantitative estimate of drug-likeness (QED) is 0.930. The van der Waals surface area contributed by atoms with Crippen LogP contribution in [-0.2, 0) is 4.79 Å². The first-order chi connectivity index (χ1) is 9.49. The highest BCUT2D eigenvalue weighted by Crippen LogP contribution is 2.17. The van der Waals surface area contributed by atoms with E-state index in [0.29, 0.717) is 5.56 Å². The second-order valence-electron chi connectivity index (χ2n) is 4.98. The molecule has 0 saturated heterocycles. The lowest BCUT2D eigenvalue weighted by atomic mass is 10.1. The van der Waals surface area contributed by atoms with Crippen LogP contribution >= 0.6 is 0 Å². The first-order valence-electron chi connectivity index (χ1n) is 6.50. The summed E-state index contributed by atoms with van der Waals surface area (Å²) in [7, 11) is 0. The van der Waals surface area contributed by atoms with Crippen molar-refractivity contribution in [2.75, 3.05) is 6.54 Å². The SMILES string of the molecule is CC(C)N(CC(=O)O)C(=O)c1ccc2ccccc2c1. The molecule has 20 heavy (non-hydrogen) atoms. The number of rotatable bonds is 4. The molecule has 104 valence electrons. The molecular weight excluding hydrogens is 254 g/mol. The van der Waals surface area contributed by atoms with Gasteiger partial charge in [0.1, 0.15) is 6.54 Å². The van der Waals surface area contributed by atoms with Crippen LogP contribution in [0.25, 0.3) is 10.8 Å². The van der Waals surface area contributed by atoms with Crippen LogP contribution in [0.15, 0.2) is 42.5 Å². The molecule has 0 radical (unpaired) electrons. The number of amides is 1. The molecule has 4 nitrogen and oxygen atoms in total. The molecule has 0 aliphatic heterocycles. The van der Waals surface area contributed by atoms with Gasteiger partial charge in [-0.3, -0.25) is 9.59 Å². The van der Waals surface area contributed by atoms with Gasteiger partial charge in [0.05, 0.1) is 0 Å². The predicted molar refractivity (Wildman–Crippen MR) is 77.8 cm³/mol. The van der Waals surface area contributed by atoms with Crippen molar-refractivity contribution in [3.8, 4) is 0 Å². The van der Waals surface area contributed by atoms with Crippen molar-refractivity contribution < 1.29 is 14.7 Å². The van der Waals surface area contributed by atoms with Crippen molar-refractivity contribution in [1.82, 2.24) is 4.90 Å².